The van der Waals surface area contributed by atoms with Gasteiger partial charge in [0.25, 0.3) is 5.91 Å². The average molecular weight is 420 g/mol. The molecule has 7 heteroatoms. The molecule has 0 bridgehead atoms. The molecular weight excluding hydrogens is 395 g/mol. The van der Waals surface area contributed by atoms with Crippen molar-refractivity contribution in [3.05, 3.63) is 65.7 Å². The number of nitrogens with zero attached hydrogens (tertiary/aromatic N) is 2. The van der Waals surface area contributed by atoms with Gasteiger partial charge in [-0.3, -0.25) is 9.59 Å². The van der Waals surface area contributed by atoms with Crippen LogP contribution in [0, 0.1) is 5.82 Å². The van der Waals surface area contributed by atoms with Crippen LogP contribution in [0.5, 0.6) is 0 Å². The standard InChI is InChI=1S/C24H25FN4O2/c1-2-21(30)26-18-7-6-8-19(15-18)27-24(31)22-20-9-4-3-5-14-29(20)23(28-22)16-10-12-17(25)13-11-16/h6-8,10-13,15H,2-5,9,14H2,1H3,(H,26,30)(H,27,31). The molecule has 2 amide bonds. The first kappa shape index (κ1) is 20.8. The van der Waals surface area contributed by atoms with Crippen molar-refractivity contribution in [3.8, 4) is 11.4 Å². The predicted molar refractivity (Wildman–Crippen MR) is 118 cm³/mol. The van der Waals surface area contributed by atoms with E-state index < -0.39 is 0 Å². The van der Waals surface area contributed by atoms with Crippen molar-refractivity contribution < 1.29 is 14.0 Å². The second kappa shape index (κ2) is 9.12. The largest absolute Gasteiger partial charge is 0.327 e. The molecule has 0 unspecified atom stereocenters. The molecule has 1 aliphatic rings. The molecule has 31 heavy (non-hydrogen) atoms. The smallest absolute Gasteiger partial charge is 0.276 e. The Morgan fingerprint density at radius 2 is 1.77 bits per heavy atom. The monoisotopic (exact) mass is 420 g/mol. The summed E-state index contributed by atoms with van der Waals surface area (Å²) in [6.07, 6.45) is 4.24. The fourth-order valence-electron chi connectivity index (χ4n) is 3.84. The second-order valence-corrected chi connectivity index (χ2v) is 7.64. The lowest BCUT2D eigenvalue weighted by Gasteiger charge is -2.10. The van der Waals surface area contributed by atoms with Crippen molar-refractivity contribution in [3.63, 3.8) is 0 Å². The molecule has 2 N–H and O–H groups in total. The summed E-state index contributed by atoms with van der Waals surface area (Å²) in [6, 6.07) is 13.2. The zero-order valence-corrected chi connectivity index (χ0v) is 17.5. The van der Waals surface area contributed by atoms with Crippen LogP contribution in [0.25, 0.3) is 11.4 Å². The van der Waals surface area contributed by atoms with Gasteiger partial charge in [-0.25, -0.2) is 9.37 Å². The quantitative estimate of drug-likeness (QED) is 0.609. The Hall–Kier alpha value is -3.48. The highest BCUT2D eigenvalue weighted by atomic mass is 19.1. The van der Waals surface area contributed by atoms with Gasteiger partial charge in [-0.15, -0.1) is 0 Å². The number of hydrogen-bond donors (Lipinski definition) is 2. The lowest BCUT2D eigenvalue weighted by molar-refractivity contribution is -0.115. The highest BCUT2D eigenvalue weighted by Gasteiger charge is 2.24. The number of nitrogens with one attached hydrogen (secondary N) is 2. The van der Waals surface area contributed by atoms with Crippen molar-refractivity contribution in [2.45, 2.75) is 45.6 Å². The number of halogens is 1. The number of hydrogen-bond acceptors (Lipinski definition) is 3. The first-order valence-corrected chi connectivity index (χ1v) is 10.6. The number of fused-ring (bicyclic) bond motifs is 1. The Bertz CT molecular complexity index is 1110. The first-order chi connectivity index (χ1) is 15.0. The Kier molecular flexibility index (Phi) is 6.11. The number of carbonyl (C=O) groups excluding carboxylic acids is 2. The summed E-state index contributed by atoms with van der Waals surface area (Å²) in [4.78, 5) is 29.5. The van der Waals surface area contributed by atoms with Crippen LogP contribution in [-0.2, 0) is 17.8 Å². The summed E-state index contributed by atoms with van der Waals surface area (Å²) in [5.41, 5.74) is 3.29. The molecule has 0 aliphatic carbocycles. The van der Waals surface area contributed by atoms with Gasteiger partial charge in [0.1, 0.15) is 17.3 Å². The minimum Gasteiger partial charge on any atom is -0.327 e. The zero-order chi connectivity index (χ0) is 21.8. The van der Waals surface area contributed by atoms with E-state index in [1.165, 1.54) is 12.1 Å². The van der Waals surface area contributed by atoms with Crippen LogP contribution in [0.15, 0.2) is 48.5 Å². The number of anilines is 2. The normalized spacial score (nSPS) is 13.2. The van der Waals surface area contributed by atoms with Gasteiger partial charge in [-0.05, 0) is 61.7 Å². The van der Waals surface area contributed by atoms with Crippen LogP contribution in [0.2, 0.25) is 0 Å². The van der Waals surface area contributed by atoms with Crippen molar-refractivity contribution >= 4 is 23.2 Å². The van der Waals surface area contributed by atoms with Crippen LogP contribution in [-0.4, -0.2) is 21.4 Å². The van der Waals surface area contributed by atoms with Crippen molar-refractivity contribution in [2.24, 2.45) is 0 Å². The van der Waals surface area contributed by atoms with E-state index >= 15 is 0 Å². The summed E-state index contributed by atoms with van der Waals surface area (Å²) in [6.45, 7) is 2.56. The molecular formula is C24H25FN4O2. The van der Waals surface area contributed by atoms with E-state index in [9.17, 15) is 14.0 Å². The highest BCUT2D eigenvalue weighted by molar-refractivity contribution is 6.04. The van der Waals surface area contributed by atoms with Gasteiger partial charge in [0.15, 0.2) is 0 Å². The number of amides is 2. The maximum atomic E-state index is 13.4. The first-order valence-electron chi connectivity index (χ1n) is 10.6. The summed E-state index contributed by atoms with van der Waals surface area (Å²) in [5.74, 6) is -0.00441. The van der Waals surface area contributed by atoms with Crippen molar-refractivity contribution in [2.75, 3.05) is 10.6 Å². The minimum atomic E-state index is -0.306. The highest BCUT2D eigenvalue weighted by Crippen LogP contribution is 2.28. The van der Waals surface area contributed by atoms with Gasteiger partial charge in [-0.1, -0.05) is 19.4 Å². The average Bonchev–Trinajstić information content (AvgIpc) is 2.95. The number of carbonyl (C=O) groups is 2. The maximum absolute atomic E-state index is 13.4. The number of imidazole rings is 1. The molecule has 4 rings (SSSR count). The molecule has 1 aliphatic heterocycles. The molecule has 0 radical (unpaired) electrons. The SMILES string of the molecule is CCC(=O)Nc1cccc(NC(=O)c2nc(-c3ccc(F)cc3)n3c2CCCCC3)c1. The molecule has 0 saturated carbocycles. The molecule has 0 saturated heterocycles. The van der Waals surface area contributed by atoms with Gasteiger partial charge in [0, 0.05) is 29.9 Å². The van der Waals surface area contributed by atoms with Crippen LogP contribution in [0.3, 0.4) is 0 Å². The molecule has 160 valence electrons. The van der Waals surface area contributed by atoms with E-state index in [-0.39, 0.29) is 17.6 Å². The third-order valence-corrected chi connectivity index (χ3v) is 5.41. The fraction of sp³-hybridized carbons (Fsp3) is 0.292. The molecule has 0 fully saturated rings. The fourth-order valence-corrected chi connectivity index (χ4v) is 3.84. The van der Waals surface area contributed by atoms with Gasteiger partial charge in [-0.2, -0.15) is 0 Å². The Balaban J connectivity index is 1.64. The summed E-state index contributed by atoms with van der Waals surface area (Å²) >= 11 is 0. The molecule has 1 aromatic heterocycles. The summed E-state index contributed by atoms with van der Waals surface area (Å²) < 4.78 is 15.5. The topological polar surface area (TPSA) is 76.0 Å². The van der Waals surface area contributed by atoms with Crippen molar-refractivity contribution in [1.82, 2.24) is 9.55 Å². The molecule has 3 aromatic rings. The summed E-state index contributed by atoms with van der Waals surface area (Å²) in [7, 11) is 0. The van der Waals surface area contributed by atoms with Crippen LogP contribution >= 0.6 is 0 Å². The molecule has 6 nitrogen and oxygen atoms in total. The Labute approximate surface area is 180 Å². The van der Waals surface area contributed by atoms with Crippen molar-refractivity contribution in [1.29, 1.82) is 0 Å². The third-order valence-electron chi connectivity index (χ3n) is 5.41. The van der Waals surface area contributed by atoms with E-state index in [1.807, 2.05) is 0 Å². The van der Waals surface area contributed by atoms with E-state index in [4.69, 9.17) is 0 Å². The second-order valence-electron chi connectivity index (χ2n) is 7.64. The molecule has 0 atom stereocenters. The Morgan fingerprint density at radius 3 is 2.52 bits per heavy atom. The van der Waals surface area contributed by atoms with E-state index in [0.29, 0.717) is 29.3 Å². The minimum absolute atomic E-state index is 0.0909. The van der Waals surface area contributed by atoms with Gasteiger partial charge in [0.05, 0.1) is 5.69 Å². The van der Waals surface area contributed by atoms with E-state index in [1.54, 1.807) is 43.3 Å². The van der Waals surface area contributed by atoms with Gasteiger partial charge < -0.3 is 15.2 Å². The van der Waals surface area contributed by atoms with Gasteiger partial charge >= 0.3 is 0 Å². The van der Waals surface area contributed by atoms with Gasteiger partial charge in [0.2, 0.25) is 5.91 Å². The van der Waals surface area contributed by atoms with E-state index in [2.05, 4.69) is 20.2 Å². The number of aromatic nitrogens is 2. The maximum Gasteiger partial charge on any atom is 0.276 e. The van der Waals surface area contributed by atoms with E-state index in [0.717, 1.165) is 43.5 Å². The van der Waals surface area contributed by atoms with Crippen LogP contribution < -0.4 is 10.6 Å². The third kappa shape index (κ3) is 4.66. The van der Waals surface area contributed by atoms with Crippen LogP contribution in [0.4, 0.5) is 15.8 Å². The predicted octanol–water partition coefficient (Wildman–Crippen LogP) is 5.02. The lowest BCUT2D eigenvalue weighted by Crippen LogP contribution is -2.16. The van der Waals surface area contributed by atoms with Crippen LogP contribution in [0.1, 0.15) is 48.8 Å². The molecule has 0 spiro atoms. The number of rotatable bonds is 5. The zero-order valence-electron chi connectivity index (χ0n) is 17.5. The lowest BCUT2D eigenvalue weighted by atomic mass is 10.1. The number of benzene rings is 2. The Morgan fingerprint density at radius 1 is 1.03 bits per heavy atom. The molecule has 2 aromatic carbocycles. The summed E-state index contributed by atoms with van der Waals surface area (Å²) in [5, 5.41) is 5.70. The molecule has 2 heterocycles.